The molecule has 3 heteroatoms. The minimum atomic E-state index is -1.69. The van der Waals surface area contributed by atoms with Gasteiger partial charge in [-0.1, -0.05) is 26.8 Å². The molecule has 0 saturated heterocycles. The largest absolute Gasteiger partial charge is 0.413 e. The Morgan fingerprint density at radius 3 is 2.35 bits per heavy atom. The summed E-state index contributed by atoms with van der Waals surface area (Å²) in [6, 6.07) is 8.73. The molecule has 1 radical (unpaired) electrons. The van der Waals surface area contributed by atoms with Crippen LogP contribution in [0, 0.1) is 6.07 Å². The molecule has 0 bridgehead atoms. The minimum Gasteiger partial charge on any atom is -0.413 e. The first kappa shape index (κ1) is 14.4. The highest BCUT2D eigenvalue weighted by atomic mass is 28.4. The molecule has 95 valence electrons. The predicted octanol–water partition coefficient (Wildman–Crippen LogP) is 3.50. The lowest BCUT2D eigenvalue weighted by molar-refractivity contribution is 0.272. The average molecular weight is 251 g/mol. The van der Waals surface area contributed by atoms with Crippen LogP contribution in [0.3, 0.4) is 0 Å². The average Bonchev–Trinajstić information content (AvgIpc) is 2.25. The third-order valence-electron chi connectivity index (χ3n) is 3.50. The van der Waals surface area contributed by atoms with E-state index in [1.165, 1.54) is 0 Å². The van der Waals surface area contributed by atoms with Crippen LogP contribution in [0.5, 0.6) is 0 Å². The van der Waals surface area contributed by atoms with Crippen molar-refractivity contribution in [2.45, 2.75) is 52.1 Å². The zero-order chi connectivity index (χ0) is 13.1. The zero-order valence-corrected chi connectivity index (χ0v) is 12.5. The van der Waals surface area contributed by atoms with Gasteiger partial charge in [0.05, 0.1) is 13.2 Å². The summed E-state index contributed by atoms with van der Waals surface area (Å²) in [4.78, 5) is 0. The smallest absolute Gasteiger partial charge is 0.192 e. The van der Waals surface area contributed by atoms with Crippen molar-refractivity contribution >= 4 is 8.32 Å². The molecule has 1 rings (SSSR count). The van der Waals surface area contributed by atoms with E-state index < -0.39 is 8.32 Å². The molecule has 0 saturated carbocycles. The molecular formula is C14H23O2Si. The fourth-order valence-corrected chi connectivity index (χ4v) is 2.19. The number of hydrogen-bond acceptors (Lipinski definition) is 2. The lowest BCUT2D eigenvalue weighted by Crippen LogP contribution is -2.40. The van der Waals surface area contributed by atoms with Gasteiger partial charge in [-0.25, -0.2) is 0 Å². The molecule has 1 N–H and O–H groups in total. The van der Waals surface area contributed by atoms with E-state index in [-0.39, 0.29) is 11.6 Å². The molecule has 0 aromatic heterocycles. The first-order valence-corrected chi connectivity index (χ1v) is 8.91. The third kappa shape index (κ3) is 3.94. The molecule has 0 atom stereocenters. The molecule has 0 fully saturated rings. The van der Waals surface area contributed by atoms with Crippen molar-refractivity contribution < 1.29 is 9.53 Å². The second kappa shape index (κ2) is 5.34. The number of benzene rings is 1. The van der Waals surface area contributed by atoms with Crippen LogP contribution in [0.25, 0.3) is 0 Å². The maximum atomic E-state index is 9.07. The van der Waals surface area contributed by atoms with Gasteiger partial charge in [0.1, 0.15) is 0 Å². The van der Waals surface area contributed by atoms with E-state index in [9.17, 15) is 0 Å². The molecular weight excluding hydrogens is 228 g/mol. The van der Waals surface area contributed by atoms with Crippen LogP contribution in [0.2, 0.25) is 18.1 Å². The number of aliphatic hydroxyl groups excluding tert-OH is 1. The predicted molar refractivity (Wildman–Crippen MR) is 73.2 cm³/mol. The molecule has 0 aliphatic rings. The standard InChI is InChI=1S/C14H23O2Si/c1-14(2,3)17(4,5)16-11-13-8-6-7-12(9-13)10-15/h7-9,15H,10-11H2,1-5H3. The van der Waals surface area contributed by atoms with Gasteiger partial charge in [0, 0.05) is 0 Å². The lowest BCUT2D eigenvalue weighted by atomic mass is 10.1. The maximum Gasteiger partial charge on any atom is 0.192 e. The first-order chi connectivity index (χ1) is 7.76. The van der Waals surface area contributed by atoms with Crippen molar-refractivity contribution in [3.8, 4) is 0 Å². The maximum absolute atomic E-state index is 9.07. The molecule has 1 aromatic rings. The lowest BCUT2D eigenvalue weighted by Gasteiger charge is -2.36. The van der Waals surface area contributed by atoms with E-state index in [0.29, 0.717) is 6.61 Å². The van der Waals surface area contributed by atoms with Crippen LogP contribution in [0.4, 0.5) is 0 Å². The van der Waals surface area contributed by atoms with Crippen LogP contribution in [0.1, 0.15) is 31.9 Å². The van der Waals surface area contributed by atoms with Gasteiger partial charge in [0.15, 0.2) is 8.32 Å². The fourth-order valence-electron chi connectivity index (χ4n) is 1.23. The van der Waals surface area contributed by atoms with Gasteiger partial charge in [-0.15, -0.1) is 0 Å². The Hall–Kier alpha value is -0.643. The summed E-state index contributed by atoms with van der Waals surface area (Å²) in [6.07, 6.45) is 0. The number of aliphatic hydroxyl groups is 1. The van der Waals surface area contributed by atoms with Crippen molar-refractivity contribution in [1.29, 1.82) is 0 Å². The van der Waals surface area contributed by atoms with E-state index in [1.807, 2.05) is 12.1 Å². The van der Waals surface area contributed by atoms with E-state index in [4.69, 9.17) is 9.53 Å². The molecule has 0 unspecified atom stereocenters. The molecule has 0 heterocycles. The highest BCUT2D eigenvalue weighted by molar-refractivity contribution is 6.74. The molecule has 0 spiro atoms. The summed E-state index contributed by atoms with van der Waals surface area (Å²) >= 11 is 0. The summed E-state index contributed by atoms with van der Waals surface area (Å²) in [5, 5.41) is 9.29. The summed E-state index contributed by atoms with van der Waals surface area (Å²) in [5.41, 5.74) is 1.97. The Morgan fingerprint density at radius 1 is 1.24 bits per heavy atom. The molecule has 1 aromatic carbocycles. The van der Waals surface area contributed by atoms with Gasteiger partial charge in [0.25, 0.3) is 0 Å². The Kier molecular flexibility index (Phi) is 4.53. The first-order valence-electron chi connectivity index (χ1n) is 6.00. The van der Waals surface area contributed by atoms with E-state index >= 15 is 0 Å². The SMILES string of the molecule is CC(C)(C)[Si](C)(C)OCc1c[c]cc(CO)c1. The van der Waals surface area contributed by atoms with Crippen molar-refractivity contribution in [1.82, 2.24) is 0 Å². The van der Waals surface area contributed by atoms with E-state index in [2.05, 4.69) is 39.9 Å². The summed E-state index contributed by atoms with van der Waals surface area (Å²) < 4.78 is 6.12. The zero-order valence-electron chi connectivity index (χ0n) is 11.5. The summed E-state index contributed by atoms with van der Waals surface area (Å²) in [7, 11) is -1.69. The second-order valence-electron chi connectivity index (χ2n) is 5.96. The van der Waals surface area contributed by atoms with Crippen molar-refractivity contribution in [2.24, 2.45) is 0 Å². The van der Waals surface area contributed by atoms with Gasteiger partial charge in [-0.05, 0) is 47.5 Å². The quantitative estimate of drug-likeness (QED) is 0.830. The summed E-state index contributed by atoms with van der Waals surface area (Å²) in [6.45, 7) is 11.9. The van der Waals surface area contributed by atoms with Gasteiger partial charge in [-0.2, -0.15) is 0 Å². The van der Waals surface area contributed by atoms with Crippen molar-refractivity contribution in [2.75, 3.05) is 0 Å². The van der Waals surface area contributed by atoms with Crippen LogP contribution in [-0.2, 0) is 17.6 Å². The van der Waals surface area contributed by atoms with Crippen molar-refractivity contribution in [3.05, 3.63) is 35.4 Å². The molecule has 17 heavy (non-hydrogen) atoms. The Labute approximate surface area is 106 Å². The fraction of sp³-hybridized carbons (Fsp3) is 0.571. The number of rotatable bonds is 4. The van der Waals surface area contributed by atoms with Crippen molar-refractivity contribution in [3.63, 3.8) is 0 Å². The monoisotopic (exact) mass is 251 g/mol. The summed E-state index contributed by atoms with van der Waals surface area (Å²) in [5.74, 6) is 0. The molecule has 0 aliphatic heterocycles. The van der Waals surface area contributed by atoms with Gasteiger partial charge >= 0.3 is 0 Å². The second-order valence-corrected chi connectivity index (χ2v) is 10.8. The van der Waals surface area contributed by atoms with Gasteiger partial charge in [-0.3, -0.25) is 0 Å². The van der Waals surface area contributed by atoms with E-state index in [1.54, 1.807) is 6.07 Å². The Balaban J connectivity index is 2.67. The van der Waals surface area contributed by atoms with Crippen LogP contribution >= 0.6 is 0 Å². The molecule has 0 amide bonds. The third-order valence-corrected chi connectivity index (χ3v) is 7.98. The van der Waals surface area contributed by atoms with Crippen LogP contribution in [0.15, 0.2) is 18.2 Å². The van der Waals surface area contributed by atoms with Crippen LogP contribution in [-0.4, -0.2) is 13.4 Å². The molecule has 0 aliphatic carbocycles. The van der Waals surface area contributed by atoms with E-state index in [0.717, 1.165) is 11.1 Å². The highest BCUT2D eigenvalue weighted by Crippen LogP contribution is 2.37. The van der Waals surface area contributed by atoms with Gasteiger partial charge < -0.3 is 9.53 Å². The molecule has 2 nitrogen and oxygen atoms in total. The highest BCUT2D eigenvalue weighted by Gasteiger charge is 2.36. The Morgan fingerprint density at radius 2 is 1.82 bits per heavy atom. The van der Waals surface area contributed by atoms with Crippen LogP contribution < -0.4 is 0 Å². The number of hydrogen-bond donors (Lipinski definition) is 1. The minimum absolute atomic E-state index is 0.0600. The normalized spacial score (nSPS) is 12.8. The topological polar surface area (TPSA) is 29.5 Å². The Bertz CT molecular complexity index is 367. The van der Waals surface area contributed by atoms with Gasteiger partial charge in [0.2, 0.25) is 0 Å².